The molecular formula is C20H22N2O. The molecule has 1 aliphatic rings. The van der Waals surface area contributed by atoms with Gasteiger partial charge in [0, 0.05) is 37.1 Å². The minimum atomic E-state index is 0.0126. The number of nitrogens with zero attached hydrogens (tertiary/aromatic N) is 1. The smallest absolute Gasteiger partial charge is 0.187 e. The average molecular weight is 306 g/mol. The fourth-order valence-electron chi connectivity index (χ4n) is 2.95. The summed E-state index contributed by atoms with van der Waals surface area (Å²) < 4.78 is 0. The minimum absolute atomic E-state index is 0.0126. The van der Waals surface area contributed by atoms with E-state index < -0.39 is 0 Å². The SMILES string of the molecule is CNc1ccccc1C(=O)/C=C/c1ccc(N2CCCC2)cc1. The maximum Gasteiger partial charge on any atom is 0.187 e. The second-order valence-corrected chi connectivity index (χ2v) is 5.78. The molecule has 1 aliphatic heterocycles. The molecule has 0 aliphatic carbocycles. The van der Waals surface area contributed by atoms with Gasteiger partial charge in [0.2, 0.25) is 0 Å². The Kier molecular flexibility index (Phi) is 4.77. The van der Waals surface area contributed by atoms with Gasteiger partial charge in [0.25, 0.3) is 0 Å². The Bertz CT molecular complexity index is 698. The van der Waals surface area contributed by atoms with Crippen LogP contribution in [-0.2, 0) is 0 Å². The summed E-state index contributed by atoms with van der Waals surface area (Å²) in [5.74, 6) is 0.0126. The Balaban J connectivity index is 1.70. The first-order valence-electron chi connectivity index (χ1n) is 8.12. The molecule has 1 heterocycles. The van der Waals surface area contributed by atoms with E-state index in [-0.39, 0.29) is 5.78 Å². The second kappa shape index (κ2) is 7.14. The lowest BCUT2D eigenvalue weighted by Gasteiger charge is -2.17. The minimum Gasteiger partial charge on any atom is -0.388 e. The van der Waals surface area contributed by atoms with E-state index in [9.17, 15) is 4.79 Å². The number of ketones is 1. The molecule has 0 atom stereocenters. The van der Waals surface area contributed by atoms with Gasteiger partial charge in [-0.05, 0) is 48.7 Å². The zero-order chi connectivity index (χ0) is 16.1. The van der Waals surface area contributed by atoms with E-state index in [2.05, 4.69) is 34.5 Å². The van der Waals surface area contributed by atoms with Crippen molar-refractivity contribution in [1.82, 2.24) is 0 Å². The molecule has 0 aromatic heterocycles. The molecule has 1 N–H and O–H groups in total. The third kappa shape index (κ3) is 3.62. The first-order chi connectivity index (χ1) is 11.3. The van der Waals surface area contributed by atoms with E-state index in [1.54, 1.807) is 6.08 Å². The van der Waals surface area contributed by atoms with Gasteiger partial charge in [-0.3, -0.25) is 4.79 Å². The first-order valence-corrected chi connectivity index (χ1v) is 8.12. The van der Waals surface area contributed by atoms with Crippen LogP contribution in [0.4, 0.5) is 11.4 Å². The topological polar surface area (TPSA) is 32.3 Å². The Hall–Kier alpha value is -2.55. The quantitative estimate of drug-likeness (QED) is 0.663. The Morgan fingerprint density at radius 3 is 2.43 bits per heavy atom. The molecule has 3 heteroatoms. The lowest BCUT2D eigenvalue weighted by atomic mass is 10.1. The van der Waals surface area contributed by atoms with Crippen LogP contribution in [0, 0.1) is 0 Å². The van der Waals surface area contributed by atoms with E-state index in [4.69, 9.17) is 0 Å². The van der Waals surface area contributed by atoms with Gasteiger partial charge in [0.1, 0.15) is 0 Å². The van der Waals surface area contributed by atoms with Crippen molar-refractivity contribution >= 4 is 23.2 Å². The zero-order valence-electron chi connectivity index (χ0n) is 13.5. The second-order valence-electron chi connectivity index (χ2n) is 5.78. The molecular weight excluding hydrogens is 284 g/mol. The molecule has 3 rings (SSSR count). The van der Waals surface area contributed by atoms with Crippen molar-refractivity contribution in [3.63, 3.8) is 0 Å². The summed E-state index contributed by atoms with van der Waals surface area (Å²) >= 11 is 0. The van der Waals surface area contributed by atoms with Crippen molar-refractivity contribution in [1.29, 1.82) is 0 Å². The maximum atomic E-state index is 12.3. The summed E-state index contributed by atoms with van der Waals surface area (Å²) in [4.78, 5) is 14.7. The van der Waals surface area contributed by atoms with Crippen LogP contribution in [0.1, 0.15) is 28.8 Å². The van der Waals surface area contributed by atoms with E-state index >= 15 is 0 Å². The summed E-state index contributed by atoms with van der Waals surface area (Å²) in [6.45, 7) is 2.29. The predicted molar refractivity (Wildman–Crippen MR) is 97.2 cm³/mol. The van der Waals surface area contributed by atoms with Gasteiger partial charge in [-0.25, -0.2) is 0 Å². The number of allylic oxidation sites excluding steroid dienone is 1. The lowest BCUT2D eigenvalue weighted by molar-refractivity contribution is 0.104. The van der Waals surface area contributed by atoms with Crippen LogP contribution in [0.2, 0.25) is 0 Å². The molecule has 0 saturated carbocycles. The molecule has 1 saturated heterocycles. The van der Waals surface area contributed by atoms with Gasteiger partial charge in [0.05, 0.1) is 0 Å². The molecule has 118 valence electrons. The number of carbonyl (C=O) groups is 1. The average Bonchev–Trinajstić information content (AvgIpc) is 3.14. The zero-order valence-corrected chi connectivity index (χ0v) is 13.5. The molecule has 0 spiro atoms. The first kappa shape index (κ1) is 15.3. The Labute approximate surface area is 137 Å². The molecule has 2 aromatic rings. The monoisotopic (exact) mass is 306 g/mol. The number of hydrogen-bond donors (Lipinski definition) is 1. The van der Waals surface area contributed by atoms with Gasteiger partial charge in [-0.2, -0.15) is 0 Å². The van der Waals surface area contributed by atoms with Crippen LogP contribution < -0.4 is 10.2 Å². The van der Waals surface area contributed by atoms with E-state index in [1.165, 1.54) is 18.5 Å². The maximum absolute atomic E-state index is 12.3. The summed E-state index contributed by atoms with van der Waals surface area (Å²) in [5, 5.41) is 3.05. The van der Waals surface area contributed by atoms with Crippen molar-refractivity contribution in [3.05, 3.63) is 65.7 Å². The number of rotatable bonds is 5. The molecule has 2 aromatic carbocycles. The van der Waals surface area contributed by atoms with Gasteiger partial charge in [-0.1, -0.05) is 30.3 Å². The van der Waals surface area contributed by atoms with Gasteiger partial charge < -0.3 is 10.2 Å². The summed E-state index contributed by atoms with van der Waals surface area (Å²) in [6, 6.07) is 16.0. The fraction of sp³-hybridized carbons (Fsp3) is 0.250. The Morgan fingerprint density at radius 2 is 1.74 bits per heavy atom. The van der Waals surface area contributed by atoms with Crippen LogP contribution in [0.3, 0.4) is 0 Å². The fourth-order valence-corrected chi connectivity index (χ4v) is 2.95. The highest BCUT2D eigenvalue weighted by Gasteiger charge is 2.11. The summed E-state index contributed by atoms with van der Waals surface area (Å²) in [6.07, 6.45) is 6.08. The molecule has 23 heavy (non-hydrogen) atoms. The highest BCUT2D eigenvalue weighted by Crippen LogP contribution is 2.21. The summed E-state index contributed by atoms with van der Waals surface area (Å²) in [7, 11) is 1.83. The highest BCUT2D eigenvalue weighted by molar-refractivity contribution is 6.10. The highest BCUT2D eigenvalue weighted by atomic mass is 16.1. The molecule has 3 nitrogen and oxygen atoms in total. The third-order valence-electron chi connectivity index (χ3n) is 4.25. The third-order valence-corrected chi connectivity index (χ3v) is 4.25. The molecule has 0 unspecified atom stereocenters. The van der Waals surface area contributed by atoms with Gasteiger partial charge in [0.15, 0.2) is 5.78 Å². The number of hydrogen-bond acceptors (Lipinski definition) is 3. The van der Waals surface area contributed by atoms with Crippen LogP contribution in [0.15, 0.2) is 54.6 Å². The molecule has 1 fully saturated rings. The number of anilines is 2. The van der Waals surface area contributed by atoms with Crippen molar-refractivity contribution in [2.45, 2.75) is 12.8 Å². The molecule has 0 bridgehead atoms. The lowest BCUT2D eigenvalue weighted by Crippen LogP contribution is -2.17. The predicted octanol–water partition coefficient (Wildman–Crippen LogP) is 4.22. The van der Waals surface area contributed by atoms with E-state index in [1.807, 2.05) is 37.4 Å². The molecule has 0 radical (unpaired) electrons. The van der Waals surface area contributed by atoms with Crippen molar-refractivity contribution < 1.29 is 4.79 Å². The molecule has 0 amide bonds. The number of para-hydroxylation sites is 1. The van der Waals surface area contributed by atoms with Crippen LogP contribution >= 0.6 is 0 Å². The van der Waals surface area contributed by atoms with Crippen molar-refractivity contribution in [2.24, 2.45) is 0 Å². The van der Waals surface area contributed by atoms with Gasteiger partial charge >= 0.3 is 0 Å². The standard InChI is InChI=1S/C20H22N2O/c1-21-19-7-3-2-6-18(19)20(23)13-10-16-8-11-17(12-9-16)22-14-4-5-15-22/h2-3,6-13,21H,4-5,14-15H2,1H3/b13-10+. The summed E-state index contributed by atoms with van der Waals surface area (Å²) in [5.41, 5.74) is 3.86. The van der Waals surface area contributed by atoms with Crippen molar-refractivity contribution in [3.8, 4) is 0 Å². The van der Waals surface area contributed by atoms with E-state index in [0.717, 1.165) is 24.3 Å². The van der Waals surface area contributed by atoms with Crippen LogP contribution in [0.5, 0.6) is 0 Å². The normalized spacial score (nSPS) is 14.4. The largest absolute Gasteiger partial charge is 0.388 e. The van der Waals surface area contributed by atoms with Gasteiger partial charge in [-0.15, -0.1) is 0 Å². The number of nitrogens with one attached hydrogen (secondary N) is 1. The number of carbonyl (C=O) groups excluding carboxylic acids is 1. The van der Waals surface area contributed by atoms with Crippen LogP contribution in [0.25, 0.3) is 6.08 Å². The Morgan fingerprint density at radius 1 is 1.04 bits per heavy atom. The van der Waals surface area contributed by atoms with Crippen molar-refractivity contribution in [2.75, 3.05) is 30.4 Å². The van der Waals surface area contributed by atoms with Crippen LogP contribution in [-0.4, -0.2) is 25.9 Å². The number of benzene rings is 2. The van der Waals surface area contributed by atoms with E-state index in [0.29, 0.717) is 5.56 Å².